The van der Waals surface area contributed by atoms with E-state index in [9.17, 15) is 0 Å². The molecular weight excluding hydrogens is 1490 g/mol. The van der Waals surface area contributed by atoms with Gasteiger partial charge in [-0.2, -0.15) is 0 Å². The van der Waals surface area contributed by atoms with Crippen LogP contribution in [0.25, 0.3) is 0 Å². The van der Waals surface area contributed by atoms with Gasteiger partial charge in [-0.3, -0.25) is 0 Å². The quantitative estimate of drug-likeness (QED) is 0.0820. The third-order valence-corrected chi connectivity index (χ3v) is 82.1. The van der Waals surface area contributed by atoms with Crippen molar-refractivity contribution in [3.8, 4) is 0 Å². The largest absolute Gasteiger partial charge is 0.472 e. The van der Waals surface area contributed by atoms with Crippen LogP contribution in [0.15, 0.2) is 0 Å². The van der Waals surface area contributed by atoms with Gasteiger partial charge in [0.2, 0.25) is 0 Å². The van der Waals surface area contributed by atoms with Crippen LogP contribution in [0.4, 0.5) is 0 Å². The van der Waals surface area contributed by atoms with Crippen LogP contribution in [-0.4, -0.2) is 214 Å². The van der Waals surface area contributed by atoms with Crippen LogP contribution in [0.1, 0.15) is 0 Å². The molecule has 0 amide bonds. The molecule has 1 aliphatic rings. The van der Waals surface area contributed by atoms with Gasteiger partial charge < -0.3 is 98.8 Å². The molecule has 12 radical (unpaired) electrons. The average Bonchev–Trinajstić information content (AvgIpc) is 3.09. The molecule has 0 aromatic rings. The van der Waals surface area contributed by atoms with E-state index in [1.807, 2.05) is 236 Å². The Morgan fingerprint density at radius 1 is 0.131 bits per heavy atom. The van der Waals surface area contributed by atoms with Crippen molar-refractivity contribution in [3.05, 3.63) is 0 Å². The highest BCUT2D eigenvalue weighted by Crippen LogP contribution is 2.38. The molecule has 0 atom stereocenters. The van der Waals surface area contributed by atoms with Gasteiger partial charge in [0.1, 0.15) is 0 Å². The van der Waals surface area contributed by atoms with Crippen LogP contribution >= 0.6 is 0 Å². The molecule has 0 unspecified atom stereocenters. The summed E-state index contributed by atoms with van der Waals surface area (Å²) in [6.45, 7) is 70.5. The summed E-state index contributed by atoms with van der Waals surface area (Å²) in [4.78, 5) is 0. The molecule has 0 aromatic heterocycles. The van der Waals surface area contributed by atoms with E-state index in [2.05, 4.69) is 0 Å². The SMILES string of the molecule is C[Si](C)O[Si]1(C)O[Si](C)(O[Si](C)C)O[Si](C)(O[Si](C)C)O[Si](C)(O[Si](C)C)O[Si](C)(O[Si](C)C)O[Si](C)(O[Si](C)C)O[Si](C)(O[Si](C)C)O[Si](C)(O[Si](C)C)O[Si](C)(O[Si](C)C)O[Si](C)(O[Si](C)C)O[Si](C)(O[Si](C)C)O[Si](C)(O[Si](C)C)O1. The molecule has 0 aromatic carbocycles. The number of rotatable bonds is 24. The monoisotopic (exact) mass is 1600 g/mol. The van der Waals surface area contributed by atoms with Crippen LogP contribution in [0.5, 0.6) is 0 Å². The molecule has 48 heteroatoms. The second kappa shape index (κ2) is 35.0. The van der Waals surface area contributed by atoms with Crippen LogP contribution in [0.3, 0.4) is 0 Å². The maximum atomic E-state index is 7.39. The maximum Gasteiger partial charge on any atom is 0.472 e. The van der Waals surface area contributed by atoms with Crippen LogP contribution in [0.2, 0.25) is 236 Å². The van der Waals surface area contributed by atoms with E-state index in [4.69, 9.17) is 98.8 Å². The van der Waals surface area contributed by atoms with Gasteiger partial charge in [0.25, 0.3) is 0 Å². The smallest absolute Gasteiger partial charge is 0.416 e. The third-order valence-electron chi connectivity index (χ3n) is 9.12. The van der Waals surface area contributed by atoms with Crippen molar-refractivity contribution < 1.29 is 98.8 Å². The fourth-order valence-corrected chi connectivity index (χ4v) is 96.7. The zero-order chi connectivity index (χ0) is 65.9. The van der Waals surface area contributed by atoms with Gasteiger partial charge in [0, 0.05) is 78.6 Å². The topological polar surface area (TPSA) is 222 Å². The van der Waals surface area contributed by atoms with Crippen molar-refractivity contribution in [3.63, 3.8) is 0 Å². The van der Waals surface area contributed by atoms with Gasteiger partial charge in [0.05, 0.1) is 0 Å². The summed E-state index contributed by atoms with van der Waals surface area (Å²) in [5.41, 5.74) is 0. The summed E-state index contributed by atoms with van der Waals surface area (Å²) < 4.78 is 172. The molecule has 0 aliphatic carbocycles. The highest BCUT2D eigenvalue weighted by atomic mass is 28.6. The fraction of sp³-hybridized carbons (Fsp3) is 1.00. The Labute approximate surface area is 543 Å². The lowest BCUT2D eigenvalue weighted by atomic mass is 11.9. The summed E-state index contributed by atoms with van der Waals surface area (Å²) in [6, 6.07) is 0. The average molecular weight is 1600 g/mol. The minimum absolute atomic E-state index is 1.59. The van der Waals surface area contributed by atoms with E-state index in [1.165, 1.54) is 0 Å². The first-order valence-electron chi connectivity index (χ1n) is 27.8. The maximum absolute atomic E-state index is 7.39. The first kappa shape index (κ1) is 86.3. The van der Waals surface area contributed by atoms with E-state index in [0.717, 1.165) is 0 Å². The highest BCUT2D eigenvalue weighted by molar-refractivity contribution is 6.95. The lowest BCUT2D eigenvalue weighted by Gasteiger charge is -2.48. The molecule has 1 fully saturated rings. The molecule has 1 aliphatic heterocycles. The lowest BCUT2D eigenvalue weighted by molar-refractivity contribution is 0.102. The number of hydrogen-bond acceptors (Lipinski definition) is 24. The first-order valence-corrected chi connectivity index (χ1v) is 83.4. The van der Waals surface area contributed by atoms with Crippen LogP contribution in [0, 0.1) is 0 Å². The van der Waals surface area contributed by atoms with Gasteiger partial charge >= 0.3 is 106 Å². The normalized spacial score (nSPS) is 37.7. The van der Waals surface area contributed by atoms with Crippen LogP contribution in [-0.2, 0) is 98.8 Å². The summed E-state index contributed by atoms with van der Waals surface area (Å²) in [6.07, 6.45) is 0. The molecule has 24 nitrogen and oxygen atoms in total. The van der Waals surface area contributed by atoms with E-state index in [0.29, 0.717) is 0 Å². The van der Waals surface area contributed by atoms with E-state index in [1.54, 1.807) is 0 Å². The minimum atomic E-state index is -4.04. The van der Waals surface area contributed by atoms with Crippen molar-refractivity contribution >= 4 is 214 Å². The van der Waals surface area contributed by atoms with Crippen LogP contribution < -0.4 is 0 Å². The van der Waals surface area contributed by atoms with Gasteiger partial charge in [-0.05, 0) is 157 Å². The Morgan fingerprint density at radius 3 is 0.214 bits per heavy atom. The second-order valence-corrected chi connectivity index (χ2v) is 85.8. The Kier molecular flexibility index (Phi) is 35.9. The zero-order valence-electron chi connectivity index (χ0n) is 57.8. The predicted octanol–water partition coefficient (Wildman–Crippen LogP) is 10.2. The zero-order valence-corrected chi connectivity index (χ0v) is 81.8. The molecule has 0 spiro atoms. The third kappa shape index (κ3) is 33.8. The Hall–Kier alpha value is 4.25. The molecule has 492 valence electrons. The van der Waals surface area contributed by atoms with Gasteiger partial charge in [0.15, 0.2) is 108 Å². The van der Waals surface area contributed by atoms with Crippen molar-refractivity contribution in [2.75, 3.05) is 0 Å². The molecule has 1 rings (SSSR count). The van der Waals surface area contributed by atoms with Gasteiger partial charge in [-0.15, -0.1) is 0 Å². The highest BCUT2D eigenvalue weighted by Gasteiger charge is 2.66. The Balaban J connectivity index is 5.05. The van der Waals surface area contributed by atoms with Gasteiger partial charge in [-0.1, -0.05) is 0 Å². The van der Waals surface area contributed by atoms with E-state index >= 15 is 0 Å². The molecule has 0 N–H and O–H groups in total. The fourth-order valence-electron chi connectivity index (χ4n) is 9.24. The molecule has 84 heavy (non-hydrogen) atoms. The van der Waals surface area contributed by atoms with Crippen molar-refractivity contribution in [2.24, 2.45) is 0 Å². The first-order chi connectivity index (χ1) is 37.5. The van der Waals surface area contributed by atoms with Crippen molar-refractivity contribution in [1.82, 2.24) is 0 Å². The standard InChI is InChI=1S/C36H108O24Si24/c1-61(2)37-73(25)49-74(26,38-62(3)4)51-76(28,40-64(7)8)53-78(30,42-66(11)12)55-80(32,44-68(15)16)57-82(34,46-70(19)20)59-84(36,48-72(23)24)60-83(35,47-71(21)22)58-81(33,45-69(17)18)56-79(31,43-67(13)14)54-77(29,41-65(9)10)52-75(27,50-73)39-63(5)6/h1-36H3. The predicted molar refractivity (Wildman–Crippen MR) is 375 cm³/mol. The second-order valence-electron chi connectivity index (χ2n) is 23.7. The molecule has 0 saturated carbocycles. The van der Waals surface area contributed by atoms with E-state index in [-0.39, 0.29) is 0 Å². The molecule has 1 heterocycles. The molecule has 0 bridgehead atoms. The minimum Gasteiger partial charge on any atom is -0.416 e. The number of hydrogen-bond donors (Lipinski definition) is 0. The van der Waals surface area contributed by atoms with Crippen molar-refractivity contribution in [2.45, 2.75) is 236 Å². The summed E-state index contributed by atoms with van der Waals surface area (Å²) in [5.74, 6) is 0. The molecular formula is C36H108O24Si24. The summed E-state index contributed by atoms with van der Waals surface area (Å²) in [7, 11) is -67.5. The molecule has 1 saturated heterocycles. The summed E-state index contributed by atoms with van der Waals surface area (Å²) >= 11 is 0. The van der Waals surface area contributed by atoms with Crippen molar-refractivity contribution in [1.29, 1.82) is 0 Å². The Morgan fingerprint density at radius 2 is 0.179 bits per heavy atom. The van der Waals surface area contributed by atoms with Gasteiger partial charge in [-0.25, -0.2) is 0 Å². The Bertz CT molecular complexity index is 1450. The summed E-state index contributed by atoms with van der Waals surface area (Å²) in [5, 5.41) is 0. The van der Waals surface area contributed by atoms with E-state index < -0.39 is 214 Å². The lowest BCUT2D eigenvalue weighted by Crippen LogP contribution is -2.72.